The number of allylic oxidation sites excluding steroid dienone is 3. The molecule has 1 heteroatoms. The molecule has 1 rings (SSSR count). The van der Waals surface area contributed by atoms with E-state index in [4.69, 9.17) is 6.42 Å². The van der Waals surface area contributed by atoms with E-state index in [2.05, 4.69) is 5.92 Å². The normalized spacial score (nSPS) is 12.8. The Morgan fingerprint density at radius 2 is 1.88 bits per heavy atom. The minimum atomic E-state index is -0.863. The molecule has 1 aromatic rings. The zero-order chi connectivity index (χ0) is 12.0. The Morgan fingerprint density at radius 3 is 2.38 bits per heavy atom. The third-order valence-corrected chi connectivity index (χ3v) is 2.16. The van der Waals surface area contributed by atoms with Crippen molar-refractivity contribution in [2.75, 3.05) is 0 Å². The predicted octanol–water partition coefficient (Wildman–Crippen LogP) is 3.03. The second-order valence-corrected chi connectivity index (χ2v) is 3.80. The minimum Gasteiger partial charge on any atom is -0.376 e. The summed E-state index contributed by atoms with van der Waals surface area (Å²) in [7, 11) is 0. The standard InChI is InChI=1S/C15H16O/c1-4-15(16)14(11-10-12(2)3)13-8-6-5-7-9-13/h1,5-11,15-16H,2-3H3/b14-11-. The molecule has 0 radical (unpaired) electrons. The van der Waals surface area contributed by atoms with Crippen LogP contribution in [0.5, 0.6) is 0 Å². The van der Waals surface area contributed by atoms with E-state index in [1.165, 1.54) is 0 Å². The molecule has 0 spiro atoms. The fraction of sp³-hybridized carbons (Fsp3) is 0.200. The molecule has 1 unspecified atom stereocenters. The van der Waals surface area contributed by atoms with E-state index in [0.29, 0.717) is 0 Å². The summed E-state index contributed by atoms with van der Waals surface area (Å²) in [6.07, 6.45) is 8.21. The summed E-state index contributed by atoms with van der Waals surface area (Å²) in [5, 5.41) is 9.75. The van der Waals surface area contributed by atoms with E-state index >= 15 is 0 Å². The topological polar surface area (TPSA) is 20.2 Å². The smallest absolute Gasteiger partial charge is 0.140 e. The van der Waals surface area contributed by atoms with Gasteiger partial charge in [0.15, 0.2) is 0 Å². The van der Waals surface area contributed by atoms with Gasteiger partial charge in [-0.2, -0.15) is 0 Å². The molecule has 82 valence electrons. The maximum Gasteiger partial charge on any atom is 0.140 e. The Bertz CT molecular complexity index is 428. The molecule has 0 heterocycles. The van der Waals surface area contributed by atoms with Gasteiger partial charge in [-0.1, -0.05) is 54.0 Å². The number of aliphatic hydroxyl groups excluding tert-OH is 1. The van der Waals surface area contributed by atoms with Gasteiger partial charge in [-0.3, -0.25) is 0 Å². The van der Waals surface area contributed by atoms with Gasteiger partial charge < -0.3 is 5.11 Å². The van der Waals surface area contributed by atoms with Gasteiger partial charge in [-0.25, -0.2) is 0 Å². The van der Waals surface area contributed by atoms with Crippen LogP contribution in [0.15, 0.2) is 48.1 Å². The zero-order valence-corrected chi connectivity index (χ0v) is 9.64. The predicted molar refractivity (Wildman–Crippen MR) is 68.7 cm³/mol. The maximum atomic E-state index is 9.75. The molecule has 0 fully saturated rings. The third-order valence-electron chi connectivity index (χ3n) is 2.16. The SMILES string of the molecule is C#CC(O)/C(=C\C=C(C)C)c1ccccc1. The molecule has 1 nitrogen and oxygen atoms in total. The molecule has 1 N–H and O–H groups in total. The largest absolute Gasteiger partial charge is 0.376 e. The van der Waals surface area contributed by atoms with Crippen molar-refractivity contribution < 1.29 is 5.11 Å². The molecule has 0 amide bonds. The highest BCUT2D eigenvalue weighted by Crippen LogP contribution is 2.18. The van der Waals surface area contributed by atoms with Crippen LogP contribution in [0.2, 0.25) is 0 Å². The molecule has 1 aromatic carbocycles. The summed E-state index contributed by atoms with van der Waals surface area (Å²) >= 11 is 0. The maximum absolute atomic E-state index is 9.75. The molecule has 16 heavy (non-hydrogen) atoms. The number of hydrogen-bond acceptors (Lipinski definition) is 1. The van der Waals surface area contributed by atoms with Crippen molar-refractivity contribution in [3.05, 3.63) is 53.6 Å². The fourth-order valence-electron chi connectivity index (χ4n) is 1.32. The molecule has 0 saturated carbocycles. The lowest BCUT2D eigenvalue weighted by molar-refractivity contribution is 0.289. The first kappa shape index (κ1) is 12.3. The number of benzene rings is 1. The van der Waals surface area contributed by atoms with Crippen LogP contribution >= 0.6 is 0 Å². The quantitative estimate of drug-likeness (QED) is 0.603. The van der Waals surface area contributed by atoms with E-state index in [9.17, 15) is 5.11 Å². The number of aliphatic hydroxyl groups is 1. The lowest BCUT2D eigenvalue weighted by Gasteiger charge is -2.09. The molecule has 0 aromatic heterocycles. The summed E-state index contributed by atoms with van der Waals surface area (Å²) < 4.78 is 0. The van der Waals surface area contributed by atoms with E-state index in [1.54, 1.807) is 0 Å². The highest BCUT2D eigenvalue weighted by atomic mass is 16.3. The first-order valence-corrected chi connectivity index (χ1v) is 5.20. The van der Waals surface area contributed by atoms with Crippen molar-refractivity contribution in [3.8, 4) is 12.3 Å². The van der Waals surface area contributed by atoms with Crippen LogP contribution < -0.4 is 0 Å². The van der Waals surface area contributed by atoms with E-state index in [-0.39, 0.29) is 0 Å². The van der Waals surface area contributed by atoms with Crippen molar-refractivity contribution in [2.24, 2.45) is 0 Å². The van der Waals surface area contributed by atoms with Gasteiger partial charge in [-0.05, 0) is 25.0 Å². The van der Waals surface area contributed by atoms with Crippen molar-refractivity contribution in [2.45, 2.75) is 20.0 Å². The van der Waals surface area contributed by atoms with Crippen LogP contribution in [0.25, 0.3) is 5.57 Å². The third kappa shape index (κ3) is 3.42. The van der Waals surface area contributed by atoms with Crippen LogP contribution in [-0.4, -0.2) is 11.2 Å². The Balaban J connectivity index is 3.13. The van der Waals surface area contributed by atoms with E-state index in [1.807, 2.05) is 56.3 Å². The Kier molecular flexibility index (Phi) is 4.57. The zero-order valence-electron chi connectivity index (χ0n) is 9.64. The molecular weight excluding hydrogens is 196 g/mol. The highest BCUT2D eigenvalue weighted by molar-refractivity contribution is 5.72. The van der Waals surface area contributed by atoms with Crippen LogP contribution in [-0.2, 0) is 0 Å². The van der Waals surface area contributed by atoms with Crippen molar-refractivity contribution >= 4 is 5.57 Å². The first-order valence-electron chi connectivity index (χ1n) is 5.20. The van der Waals surface area contributed by atoms with Crippen molar-refractivity contribution in [1.29, 1.82) is 0 Å². The van der Waals surface area contributed by atoms with Crippen molar-refractivity contribution in [3.63, 3.8) is 0 Å². The number of rotatable bonds is 3. The highest BCUT2D eigenvalue weighted by Gasteiger charge is 2.08. The monoisotopic (exact) mass is 212 g/mol. The summed E-state index contributed by atoms with van der Waals surface area (Å²) in [4.78, 5) is 0. The second-order valence-electron chi connectivity index (χ2n) is 3.80. The summed E-state index contributed by atoms with van der Waals surface area (Å²) in [6, 6.07) is 9.66. The van der Waals surface area contributed by atoms with Gasteiger partial charge in [0.2, 0.25) is 0 Å². The molecule has 1 atom stereocenters. The number of hydrogen-bond donors (Lipinski definition) is 1. The van der Waals surface area contributed by atoms with Gasteiger partial charge in [-0.15, -0.1) is 6.42 Å². The Labute approximate surface area is 97.1 Å². The van der Waals surface area contributed by atoms with Gasteiger partial charge >= 0.3 is 0 Å². The van der Waals surface area contributed by atoms with Crippen LogP contribution in [0, 0.1) is 12.3 Å². The fourth-order valence-corrected chi connectivity index (χ4v) is 1.32. The minimum absolute atomic E-state index is 0.754. The van der Waals surface area contributed by atoms with Crippen LogP contribution in [0.1, 0.15) is 19.4 Å². The lowest BCUT2D eigenvalue weighted by Crippen LogP contribution is -2.05. The van der Waals surface area contributed by atoms with Gasteiger partial charge in [0.25, 0.3) is 0 Å². The van der Waals surface area contributed by atoms with E-state index in [0.717, 1.165) is 16.7 Å². The summed E-state index contributed by atoms with van der Waals surface area (Å²) in [5.74, 6) is 2.35. The van der Waals surface area contributed by atoms with Crippen LogP contribution in [0.3, 0.4) is 0 Å². The van der Waals surface area contributed by atoms with Gasteiger partial charge in [0, 0.05) is 0 Å². The molecule has 0 aliphatic rings. The molecule has 0 aliphatic heterocycles. The Hall–Kier alpha value is -1.78. The summed E-state index contributed by atoms with van der Waals surface area (Å²) in [5.41, 5.74) is 2.87. The van der Waals surface area contributed by atoms with Gasteiger partial charge in [0.1, 0.15) is 6.10 Å². The summed E-state index contributed by atoms with van der Waals surface area (Å²) in [6.45, 7) is 4.00. The first-order chi connectivity index (χ1) is 7.65. The molecule has 0 bridgehead atoms. The molecular formula is C15H16O. The Morgan fingerprint density at radius 1 is 1.25 bits per heavy atom. The second kappa shape index (κ2) is 5.95. The molecule has 0 saturated heterocycles. The van der Waals surface area contributed by atoms with E-state index < -0.39 is 6.10 Å². The average molecular weight is 212 g/mol. The van der Waals surface area contributed by atoms with Crippen molar-refractivity contribution in [1.82, 2.24) is 0 Å². The average Bonchev–Trinajstić information content (AvgIpc) is 2.30. The lowest BCUT2D eigenvalue weighted by atomic mass is 10.00. The number of terminal acetylenes is 1. The molecule has 0 aliphatic carbocycles. The van der Waals surface area contributed by atoms with Crippen LogP contribution in [0.4, 0.5) is 0 Å². The van der Waals surface area contributed by atoms with Gasteiger partial charge in [0.05, 0.1) is 0 Å².